The second-order valence-corrected chi connectivity index (χ2v) is 8.16. The number of hydrogen-bond acceptors (Lipinski definition) is 3. The summed E-state index contributed by atoms with van der Waals surface area (Å²) in [6, 6.07) is 5.09. The summed E-state index contributed by atoms with van der Waals surface area (Å²) in [5.74, 6) is 0.641. The van der Waals surface area contributed by atoms with E-state index in [0.29, 0.717) is 17.2 Å². The highest BCUT2D eigenvalue weighted by atomic mass is 32.2. The molecule has 1 heterocycles. The summed E-state index contributed by atoms with van der Waals surface area (Å²) in [6.45, 7) is 4.94. The molecule has 5 heteroatoms. The maximum absolute atomic E-state index is 12.4. The van der Waals surface area contributed by atoms with E-state index in [1.54, 1.807) is 18.2 Å². The van der Waals surface area contributed by atoms with Crippen molar-refractivity contribution in [3.8, 4) is 0 Å². The number of anilines is 1. The topological polar surface area (TPSA) is 54.5 Å². The number of nitrogens with zero attached hydrogens (tertiary/aromatic N) is 1. The Labute approximate surface area is 127 Å². The first-order chi connectivity index (χ1) is 9.79. The lowest BCUT2D eigenvalue weighted by Gasteiger charge is -2.30. The van der Waals surface area contributed by atoms with E-state index in [4.69, 9.17) is 0 Å². The number of carbonyl (C=O) groups is 1. The zero-order chi connectivity index (χ0) is 15.6. The highest BCUT2D eigenvalue weighted by Gasteiger charge is 2.23. The number of carbonyl (C=O) groups excluding carboxylic acids is 1. The van der Waals surface area contributed by atoms with E-state index in [2.05, 4.69) is 13.8 Å². The molecule has 0 bridgehead atoms. The zero-order valence-electron chi connectivity index (χ0n) is 12.9. The van der Waals surface area contributed by atoms with E-state index < -0.39 is 9.84 Å². The van der Waals surface area contributed by atoms with Crippen molar-refractivity contribution >= 4 is 21.4 Å². The molecule has 0 saturated carbocycles. The monoisotopic (exact) mass is 309 g/mol. The average molecular weight is 309 g/mol. The largest absolute Gasteiger partial charge is 0.312 e. The van der Waals surface area contributed by atoms with E-state index in [9.17, 15) is 13.2 Å². The van der Waals surface area contributed by atoms with Crippen molar-refractivity contribution in [2.45, 2.75) is 44.4 Å². The first-order valence-corrected chi connectivity index (χ1v) is 9.31. The molecule has 0 unspecified atom stereocenters. The molecule has 116 valence electrons. The van der Waals surface area contributed by atoms with Crippen molar-refractivity contribution in [1.82, 2.24) is 0 Å². The highest BCUT2D eigenvalue weighted by Crippen LogP contribution is 2.30. The lowest BCUT2D eigenvalue weighted by atomic mass is 10.0. The van der Waals surface area contributed by atoms with E-state index in [1.165, 1.54) is 6.26 Å². The van der Waals surface area contributed by atoms with Crippen molar-refractivity contribution in [2.24, 2.45) is 5.92 Å². The van der Waals surface area contributed by atoms with E-state index in [0.717, 1.165) is 37.1 Å². The molecular formula is C16H23NO3S. The molecule has 1 aromatic rings. The fraction of sp³-hybridized carbons (Fsp3) is 0.562. The summed E-state index contributed by atoms with van der Waals surface area (Å²) in [5, 5.41) is 0. The van der Waals surface area contributed by atoms with E-state index >= 15 is 0 Å². The van der Waals surface area contributed by atoms with E-state index in [-0.39, 0.29) is 5.91 Å². The van der Waals surface area contributed by atoms with Crippen LogP contribution in [0, 0.1) is 5.92 Å². The Morgan fingerprint density at radius 3 is 2.67 bits per heavy atom. The smallest absolute Gasteiger partial charge is 0.226 e. The van der Waals surface area contributed by atoms with Crippen LogP contribution < -0.4 is 4.90 Å². The Morgan fingerprint density at radius 2 is 2.05 bits per heavy atom. The molecule has 1 aliphatic heterocycles. The minimum Gasteiger partial charge on any atom is -0.312 e. The zero-order valence-corrected chi connectivity index (χ0v) is 13.7. The molecule has 1 amide bonds. The van der Waals surface area contributed by atoms with Crippen LogP contribution in [0.5, 0.6) is 0 Å². The van der Waals surface area contributed by atoms with Crippen molar-refractivity contribution in [1.29, 1.82) is 0 Å². The summed E-state index contributed by atoms with van der Waals surface area (Å²) in [7, 11) is -3.20. The summed E-state index contributed by atoms with van der Waals surface area (Å²) in [4.78, 5) is 14.5. The molecule has 0 aliphatic carbocycles. The van der Waals surface area contributed by atoms with Gasteiger partial charge in [0.2, 0.25) is 5.91 Å². The lowest BCUT2D eigenvalue weighted by Crippen LogP contribution is -2.35. The second kappa shape index (κ2) is 6.18. The van der Waals surface area contributed by atoms with Gasteiger partial charge in [0.15, 0.2) is 9.84 Å². The third-order valence-electron chi connectivity index (χ3n) is 3.83. The fourth-order valence-electron chi connectivity index (χ4n) is 2.61. The molecule has 0 spiro atoms. The normalized spacial score (nSPS) is 15.1. The van der Waals surface area contributed by atoms with Gasteiger partial charge in [-0.15, -0.1) is 0 Å². The minimum absolute atomic E-state index is 0.136. The average Bonchev–Trinajstić information content (AvgIpc) is 2.42. The lowest BCUT2D eigenvalue weighted by molar-refractivity contribution is -0.119. The van der Waals surface area contributed by atoms with Gasteiger partial charge in [-0.2, -0.15) is 0 Å². The predicted molar refractivity (Wildman–Crippen MR) is 84.3 cm³/mol. The predicted octanol–water partition coefficient (Wildman–Crippen LogP) is 2.81. The van der Waals surface area contributed by atoms with Gasteiger partial charge in [0.05, 0.1) is 4.90 Å². The van der Waals surface area contributed by atoms with Crippen LogP contribution in [-0.2, 0) is 21.1 Å². The van der Waals surface area contributed by atoms with Crippen LogP contribution in [0.2, 0.25) is 0 Å². The molecule has 1 aliphatic rings. The molecule has 4 nitrogen and oxygen atoms in total. The molecule has 0 radical (unpaired) electrons. The van der Waals surface area contributed by atoms with Gasteiger partial charge < -0.3 is 4.90 Å². The standard InChI is InChI=1S/C16H23NO3S/c1-12(2)6-9-16(18)17-10-4-5-13-11-14(21(3,19)20)7-8-15(13)17/h7-8,11-12H,4-6,9-10H2,1-3H3. The quantitative estimate of drug-likeness (QED) is 0.859. The number of amides is 1. The maximum atomic E-state index is 12.4. The van der Waals surface area contributed by atoms with Crippen LogP contribution >= 0.6 is 0 Å². The summed E-state index contributed by atoms with van der Waals surface area (Å²) in [6.07, 6.45) is 4.35. The number of benzene rings is 1. The molecule has 21 heavy (non-hydrogen) atoms. The Kier molecular flexibility index (Phi) is 4.71. The first-order valence-electron chi connectivity index (χ1n) is 7.42. The summed E-state index contributed by atoms with van der Waals surface area (Å²) in [5.41, 5.74) is 1.84. The molecule has 0 N–H and O–H groups in total. The van der Waals surface area contributed by atoms with Gasteiger partial charge in [-0.3, -0.25) is 4.79 Å². The van der Waals surface area contributed by atoms with Gasteiger partial charge in [0.25, 0.3) is 0 Å². The Bertz CT molecular complexity index is 635. The third kappa shape index (κ3) is 3.84. The van der Waals surface area contributed by atoms with Crippen LogP contribution in [0.3, 0.4) is 0 Å². The van der Waals surface area contributed by atoms with Crippen molar-refractivity contribution < 1.29 is 13.2 Å². The number of sulfone groups is 1. The minimum atomic E-state index is -3.20. The fourth-order valence-corrected chi connectivity index (χ4v) is 3.28. The van der Waals surface area contributed by atoms with Gasteiger partial charge >= 0.3 is 0 Å². The first kappa shape index (κ1) is 16.0. The molecule has 0 aromatic heterocycles. The Morgan fingerprint density at radius 1 is 1.33 bits per heavy atom. The van der Waals surface area contributed by atoms with Crippen LogP contribution in [0.4, 0.5) is 5.69 Å². The van der Waals surface area contributed by atoms with Crippen molar-refractivity contribution in [3.05, 3.63) is 23.8 Å². The number of aryl methyl sites for hydroxylation is 1. The van der Waals surface area contributed by atoms with Crippen LogP contribution in [0.25, 0.3) is 0 Å². The molecule has 1 aromatic carbocycles. The Balaban J connectivity index is 2.26. The summed E-state index contributed by atoms with van der Waals surface area (Å²) < 4.78 is 23.3. The van der Waals surface area contributed by atoms with Gasteiger partial charge in [-0.25, -0.2) is 8.42 Å². The van der Waals surface area contributed by atoms with Crippen molar-refractivity contribution in [2.75, 3.05) is 17.7 Å². The molecule has 2 rings (SSSR count). The molecule has 0 atom stereocenters. The van der Waals surface area contributed by atoms with E-state index in [1.807, 2.05) is 4.90 Å². The number of hydrogen-bond donors (Lipinski definition) is 0. The maximum Gasteiger partial charge on any atom is 0.226 e. The van der Waals surface area contributed by atoms with Gasteiger partial charge in [0, 0.05) is 24.9 Å². The van der Waals surface area contributed by atoms with Crippen LogP contribution in [-0.4, -0.2) is 27.1 Å². The Hall–Kier alpha value is -1.36. The van der Waals surface area contributed by atoms with Gasteiger partial charge in [0.1, 0.15) is 0 Å². The van der Waals surface area contributed by atoms with Gasteiger partial charge in [-0.05, 0) is 48.9 Å². The van der Waals surface area contributed by atoms with Crippen LogP contribution in [0.15, 0.2) is 23.1 Å². The van der Waals surface area contributed by atoms with Crippen molar-refractivity contribution in [3.63, 3.8) is 0 Å². The third-order valence-corrected chi connectivity index (χ3v) is 4.94. The molecule has 0 saturated heterocycles. The molecule has 0 fully saturated rings. The van der Waals surface area contributed by atoms with Gasteiger partial charge in [-0.1, -0.05) is 13.8 Å². The number of fused-ring (bicyclic) bond motifs is 1. The SMILES string of the molecule is CC(C)CCC(=O)N1CCCc2cc(S(C)(=O)=O)ccc21. The molecular weight excluding hydrogens is 286 g/mol. The second-order valence-electron chi connectivity index (χ2n) is 6.14. The number of rotatable bonds is 4. The highest BCUT2D eigenvalue weighted by molar-refractivity contribution is 7.90. The van der Waals surface area contributed by atoms with Crippen LogP contribution in [0.1, 0.15) is 38.7 Å². The summed E-state index contributed by atoms with van der Waals surface area (Å²) >= 11 is 0.